The van der Waals surface area contributed by atoms with E-state index in [2.05, 4.69) is 31.9 Å². The first kappa shape index (κ1) is 22.0. The number of nitrogens with two attached hydrogens (primary N) is 1. The van der Waals surface area contributed by atoms with Crippen LogP contribution in [0.3, 0.4) is 0 Å². The van der Waals surface area contributed by atoms with E-state index in [0.717, 1.165) is 0 Å². The standard InChI is InChI=1S/C5H8Cl3NO2.C4H6Br2O2/c1-2(6)5(7,8)3(10)4(9)11;5-1-3(2-6)4(7)8/h2-3,10H,1H3,(H2,9,11);3H,1-2H2,(H,7,8). The summed E-state index contributed by atoms with van der Waals surface area (Å²) in [5, 5.41) is 17.6. The number of halogens is 5. The molecule has 0 saturated carbocycles. The van der Waals surface area contributed by atoms with Gasteiger partial charge in [-0.2, -0.15) is 0 Å². The molecule has 0 aromatic rings. The van der Waals surface area contributed by atoms with Crippen molar-refractivity contribution in [3.63, 3.8) is 0 Å². The fourth-order valence-corrected chi connectivity index (χ4v) is 2.54. The van der Waals surface area contributed by atoms with Crippen molar-refractivity contribution in [3.8, 4) is 0 Å². The number of aliphatic hydroxyl groups is 1. The van der Waals surface area contributed by atoms with Crippen molar-refractivity contribution in [3.05, 3.63) is 0 Å². The van der Waals surface area contributed by atoms with Crippen LogP contribution in [0, 0.1) is 5.92 Å². The van der Waals surface area contributed by atoms with E-state index in [1.807, 2.05) is 0 Å². The van der Waals surface area contributed by atoms with Crippen molar-refractivity contribution in [2.75, 3.05) is 10.7 Å². The highest BCUT2D eigenvalue weighted by Crippen LogP contribution is 2.32. The first-order chi connectivity index (χ1) is 8.52. The monoisotopic (exact) mass is 463 g/mol. The van der Waals surface area contributed by atoms with E-state index in [1.54, 1.807) is 0 Å². The van der Waals surface area contributed by atoms with Crippen LogP contribution in [0.2, 0.25) is 0 Å². The van der Waals surface area contributed by atoms with Gasteiger partial charge in [0.1, 0.15) is 0 Å². The van der Waals surface area contributed by atoms with E-state index in [9.17, 15) is 9.59 Å². The predicted octanol–water partition coefficient (Wildman–Crippen LogP) is 2.11. The third-order valence-electron chi connectivity index (χ3n) is 1.89. The smallest absolute Gasteiger partial charge is 0.308 e. The van der Waals surface area contributed by atoms with Crippen molar-refractivity contribution < 1.29 is 19.8 Å². The molecule has 0 aromatic heterocycles. The van der Waals surface area contributed by atoms with E-state index >= 15 is 0 Å². The largest absolute Gasteiger partial charge is 0.481 e. The maximum Gasteiger partial charge on any atom is 0.308 e. The van der Waals surface area contributed by atoms with Crippen molar-refractivity contribution in [1.82, 2.24) is 0 Å². The Morgan fingerprint density at radius 2 is 1.68 bits per heavy atom. The van der Waals surface area contributed by atoms with Crippen LogP contribution in [0.4, 0.5) is 0 Å². The first-order valence-electron chi connectivity index (χ1n) is 4.86. The molecular formula is C9H14Br2Cl3NO4. The summed E-state index contributed by atoms with van der Waals surface area (Å²) in [7, 11) is 0. The van der Waals surface area contributed by atoms with Gasteiger partial charge in [-0.3, -0.25) is 9.59 Å². The summed E-state index contributed by atoms with van der Waals surface area (Å²) >= 11 is 22.6. The predicted molar refractivity (Wildman–Crippen MR) is 83.7 cm³/mol. The Bertz CT molecular complexity index is 301. The number of carbonyl (C=O) groups is 2. The summed E-state index contributed by atoms with van der Waals surface area (Å²) in [5.74, 6) is -2.06. The van der Waals surface area contributed by atoms with Crippen LogP contribution >= 0.6 is 66.7 Å². The molecule has 0 heterocycles. The van der Waals surface area contributed by atoms with E-state index in [-0.39, 0.29) is 5.92 Å². The molecule has 0 spiro atoms. The van der Waals surface area contributed by atoms with Gasteiger partial charge in [-0.15, -0.1) is 11.6 Å². The van der Waals surface area contributed by atoms with Gasteiger partial charge in [0.2, 0.25) is 5.91 Å². The maximum atomic E-state index is 10.4. The lowest BCUT2D eigenvalue weighted by atomic mass is 10.2. The fourth-order valence-electron chi connectivity index (χ4n) is 0.580. The summed E-state index contributed by atoms with van der Waals surface area (Å²) in [6.45, 7) is 1.45. The number of alkyl halides is 5. The van der Waals surface area contributed by atoms with Crippen LogP contribution < -0.4 is 5.73 Å². The number of rotatable bonds is 6. The number of amides is 1. The Balaban J connectivity index is 0. The minimum Gasteiger partial charge on any atom is -0.481 e. The molecule has 1 amide bonds. The number of hydrogen-bond acceptors (Lipinski definition) is 3. The molecule has 0 aliphatic carbocycles. The van der Waals surface area contributed by atoms with Gasteiger partial charge < -0.3 is 15.9 Å². The lowest BCUT2D eigenvalue weighted by molar-refractivity contribution is -0.140. The van der Waals surface area contributed by atoms with E-state index in [0.29, 0.717) is 10.7 Å². The van der Waals surface area contributed by atoms with Gasteiger partial charge >= 0.3 is 5.97 Å². The average molecular weight is 466 g/mol. The number of hydrogen-bond donors (Lipinski definition) is 3. The summed E-state index contributed by atoms with van der Waals surface area (Å²) in [5.41, 5.74) is 4.74. The summed E-state index contributed by atoms with van der Waals surface area (Å²) in [6.07, 6.45) is -1.65. The molecule has 4 N–H and O–H groups in total. The molecule has 0 rings (SSSR count). The van der Waals surface area contributed by atoms with E-state index in [1.165, 1.54) is 6.92 Å². The van der Waals surface area contributed by atoms with Crippen molar-refractivity contribution in [2.24, 2.45) is 11.7 Å². The Labute approximate surface area is 143 Å². The van der Waals surface area contributed by atoms with Crippen LogP contribution in [-0.4, -0.2) is 48.6 Å². The summed E-state index contributed by atoms with van der Waals surface area (Å²) in [4.78, 5) is 20.5. The third-order valence-corrected chi connectivity index (χ3v) is 5.08. The molecule has 10 heteroatoms. The molecular weight excluding hydrogens is 452 g/mol. The minimum absolute atomic E-state index is 0.296. The van der Waals surface area contributed by atoms with Crippen LogP contribution in [-0.2, 0) is 9.59 Å². The second-order valence-electron chi connectivity index (χ2n) is 3.44. The first-order valence-corrected chi connectivity index (χ1v) is 8.29. The number of carboxylic acids is 1. The Morgan fingerprint density at radius 3 is 1.74 bits per heavy atom. The lowest BCUT2D eigenvalue weighted by Gasteiger charge is -2.25. The minimum atomic E-state index is -1.73. The molecule has 0 bridgehead atoms. The van der Waals surface area contributed by atoms with Gasteiger partial charge in [-0.25, -0.2) is 0 Å². The quantitative estimate of drug-likeness (QED) is 0.522. The molecule has 2 unspecified atom stereocenters. The van der Waals surface area contributed by atoms with Crippen molar-refractivity contribution in [2.45, 2.75) is 22.7 Å². The number of primary amides is 1. The maximum absolute atomic E-state index is 10.4. The van der Waals surface area contributed by atoms with Crippen LogP contribution in [0.1, 0.15) is 6.92 Å². The Hall–Kier alpha value is 0.730. The normalized spacial score (nSPS) is 14.3. The number of carboxylic acid groups (broad SMARTS) is 1. The second-order valence-corrected chi connectivity index (χ2v) is 6.83. The highest BCUT2D eigenvalue weighted by atomic mass is 79.9. The van der Waals surface area contributed by atoms with Gasteiger partial charge in [-0.05, 0) is 6.92 Å². The number of carbonyl (C=O) groups excluding carboxylic acids is 1. The molecule has 114 valence electrons. The topological polar surface area (TPSA) is 101 Å². The molecule has 2 atom stereocenters. The highest BCUT2D eigenvalue weighted by Gasteiger charge is 2.41. The van der Waals surface area contributed by atoms with Gasteiger partial charge in [0, 0.05) is 10.7 Å². The van der Waals surface area contributed by atoms with Gasteiger partial charge in [0.05, 0.1) is 11.3 Å². The molecule has 0 radical (unpaired) electrons. The van der Waals surface area contributed by atoms with E-state index in [4.69, 9.17) is 50.7 Å². The highest BCUT2D eigenvalue weighted by molar-refractivity contribution is 9.09. The number of aliphatic hydroxyl groups excluding tert-OH is 1. The van der Waals surface area contributed by atoms with Crippen molar-refractivity contribution in [1.29, 1.82) is 0 Å². The molecule has 0 aromatic carbocycles. The summed E-state index contributed by atoms with van der Waals surface area (Å²) < 4.78 is -1.73. The van der Waals surface area contributed by atoms with Gasteiger partial charge in [0.15, 0.2) is 10.4 Å². The van der Waals surface area contributed by atoms with Gasteiger partial charge in [0.25, 0.3) is 0 Å². The third kappa shape index (κ3) is 8.57. The molecule has 0 saturated heterocycles. The zero-order valence-corrected chi connectivity index (χ0v) is 15.3. The lowest BCUT2D eigenvalue weighted by Crippen LogP contribution is -2.46. The fraction of sp³-hybridized carbons (Fsp3) is 0.778. The molecule has 5 nitrogen and oxygen atoms in total. The second kappa shape index (κ2) is 10.5. The number of aliphatic carboxylic acids is 1. The Morgan fingerprint density at radius 1 is 1.32 bits per heavy atom. The van der Waals surface area contributed by atoms with Gasteiger partial charge in [-0.1, -0.05) is 55.1 Å². The molecule has 0 fully saturated rings. The SMILES string of the molecule is CC(Cl)C(Cl)(Cl)C(O)C(N)=O.O=C(O)C(CBr)CBr. The van der Waals surface area contributed by atoms with Crippen LogP contribution in [0.25, 0.3) is 0 Å². The zero-order valence-electron chi connectivity index (χ0n) is 9.82. The molecule has 19 heavy (non-hydrogen) atoms. The average Bonchev–Trinajstić information content (AvgIpc) is 2.29. The van der Waals surface area contributed by atoms with Crippen molar-refractivity contribution >= 4 is 78.5 Å². The molecule has 0 aliphatic rings. The van der Waals surface area contributed by atoms with Crippen LogP contribution in [0.15, 0.2) is 0 Å². The molecule has 0 aliphatic heterocycles. The Kier molecular flexibility index (Phi) is 12.1. The van der Waals surface area contributed by atoms with E-state index < -0.39 is 27.7 Å². The zero-order chi connectivity index (χ0) is 15.8. The van der Waals surface area contributed by atoms with Crippen LogP contribution in [0.5, 0.6) is 0 Å². The summed E-state index contributed by atoms with van der Waals surface area (Å²) in [6, 6.07) is 0.